The number of rotatable bonds is 4. The van der Waals surface area contributed by atoms with Gasteiger partial charge in [0, 0.05) is 49.4 Å². The number of nitrogens with two attached hydrogens (primary N) is 1. The van der Waals surface area contributed by atoms with E-state index in [1.807, 2.05) is 0 Å². The van der Waals surface area contributed by atoms with E-state index in [1.165, 1.54) is 11.1 Å². The van der Waals surface area contributed by atoms with E-state index in [1.54, 1.807) is 0 Å². The Hall–Kier alpha value is -1.65. The Morgan fingerprint density at radius 3 is 2.59 bits per heavy atom. The first-order valence-corrected chi connectivity index (χ1v) is 8.12. The number of aromatic nitrogens is 2. The van der Waals surface area contributed by atoms with E-state index in [-0.39, 0.29) is 6.04 Å². The smallest absolute Gasteiger partial charge is 0.0638 e. The minimum atomic E-state index is 0.211. The van der Waals surface area contributed by atoms with Crippen molar-refractivity contribution in [2.75, 3.05) is 13.1 Å². The average Bonchev–Trinajstić information content (AvgIpc) is 3.04. The quantitative estimate of drug-likeness (QED) is 0.944. The Morgan fingerprint density at radius 2 is 1.95 bits per heavy atom. The molecule has 1 aliphatic rings. The Balaban J connectivity index is 1.70. The topological polar surface area (TPSA) is 47.1 Å². The lowest BCUT2D eigenvalue weighted by Gasteiger charge is -2.15. The molecular weight excluding hydrogens is 272 g/mol. The fraction of sp³-hybridized carbons (Fsp3) is 0.500. The highest BCUT2D eigenvalue weighted by Gasteiger charge is 2.31. The SMILES string of the molecule is Cc1nn(C(C)C)cc1CN1C[C@@H](N)[C@H](c2ccccc2)C1. The van der Waals surface area contributed by atoms with Crippen molar-refractivity contribution in [2.45, 2.75) is 45.3 Å². The van der Waals surface area contributed by atoms with Crippen LogP contribution in [0.5, 0.6) is 0 Å². The van der Waals surface area contributed by atoms with Crippen molar-refractivity contribution >= 4 is 0 Å². The third-order valence-corrected chi connectivity index (χ3v) is 4.61. The average molecular weight is 298 g/mol. The van der Waals surface area contributed by atoms with Crippen LogP contribution in [0.1, 0.15) is 42.6 Å². The summed E-state index contributed by atoms with van der Waals surface area (Å²) in [5, 5.41) is 4.61. The summed E-state index contributed by atoms with van der Waals surface area (Å²) in [6, 6.07) is 11.3. The molecule has 2 atom stereocenters. The summed E-state index contributed by atoms with van der Waals surface area (Å²) < 4.78 is 2.05. The first-order valence-electron chi connectivity index (χ1n) is 8.12. The minimum Gasteiger partial charge on any atom is -0.326 e. The van der Waals surface area contributed by atoms with Crippen molar-refractivity contribution in [3.8, 4) is 0 Å². The largest absolute Gasteiger partial charge is 0.326 e. The maximum absolute atomic E-state index is 6.38. The monoisotopic (exact) mass is 298 g/mol. The van der Waals surface area contributed by atoms with Crippen molar-refractivity contribution in [1.29, 1.82) is 0 Å². The van der Waals surface area contributed by atoms with E-state index in [9.17, 15) is 0 Å². The maximum atomic E-state index is 6.38. The van der Waals surface area contributed by atoms with E-state index in [4.69, 9.17) is 5.73 Å². The molecule has 1 aromatic heterocycles. The lowest BCUT2D eigenvalue weighted by molar-refractivity contribution is 0.323. The second-order valence-electron chi connectivity index (χ2n) is 6.69. The van der Waals surface area contributed by atoms with Crippen molar-refractivity contribution in [1.82, 2.24) is 14.7 Å². The molecule has 0 saturated carbocycles. The highest BCUT2D eigenvalue weighted by atomic mass is 15.3. The highest BCUT2D eigenvalue weighted by molar-refractivity contribution is 5.24. The van der Waals surface area contributed by atoms with E-state index >= 15 is 0 Å². The molecular formula is C18H26N4. The van der Waals surface area contributed by atoms with Gasteiger partial charge in [0.1, 0.15) is 0 Å². The molecule has 0 aliphatic carbocycles. The van der Waals surface area contributed by atoms with Gasteiger partial charge in [0.15, 0.2) is 0 Å². The van der Waals surface area contributed by atoms with Crippen molar-refractivity contribution in [2.24, 2.45) is 5.73 Å². The zero-order valence-electron chi connectivity index (χ0n) is 13.7. The molecule has 0 unspecified atom stereocenters. The van der Waals surface area contributed by atoms with Crippen LogP contribution in [-0.2, 0) is 6.54 Å². The van der Waals surface area contributed by atoms with Crippen molar-refractivity contribution < 1.29 is 0 Å². The Kier molecular flexibility index (Phi) is 4.32. The number of hydrogen-bond donors (Lipinski definition) is 1. The van der Waals surface area contributed by atoms with Gasteiger partial charge in [0.05, 0.1) is 5.69 Å². The highest BCUT2D eigenvalue weighted by Crippen LogP contribution is 2.27. The van der Waals surface area contributed by atoms with Gasteiger partial charge in [0.25, 0.3) is 0 Å². The lowest BCUT2D eigenvalue weighted by Crippen LogP contribution is -2.28. The van der Waals surface area contributed by atoms with Crippen LogP contribution in [-0.4, -0.2) is 33.8 Å². The van der Waals surface area contributed by atoms with Crippen LogP contribution in [0.15, 0.2) is 36.5 Å². The van der Waals surface area contributed by atoms with Gasteiger partial charge in [0.2, 0.25) is 0 Å². The Morgan fingerprint density at radius 1 is 1.23 bits per heavy atom. The Labute approximate surface area is 132 Å². The first-order chi connectivity index (χ1) is 10.5. The molecule has 22 heavy (non-hydrogen) atoms. The van der Waals surface area contributed by atoms with Gasteiger partial charge < -0.3 is 5.73 Å². The molecule has 0 amide bonds. The zero-order valence-corrected chi connectivity index (χ0v) is 13.7. The molecule has 2 N–H and O–H groups in total. The number of hydrogen-bond acceptors (Lipinski definition) is 3. The van der Waals surface area contributed by atoms with Crippen molar-refractivity contribution in [3.05, 3.63) is 53.3 Å². The van der Waals surface area contributed by atoms with E-state index in [2.05, 4.69) is 72.0 Å². The zero-order chi connectivity index (χ0) is 15.7. The molecule has 4 heteroatoms. The van der Waals surface area contributed by atoms with Gasteiger partial charge in [-0.15, -0.1) is 0 Å². The van der Waals surface area contributed by atoms with Gasteiger partial charge >= 0.3 is 0 Å². The summed E-state index contributed by atoms with van der Waals surface area (Å²) in [6.45, 7) is 9.33. The summed E-state index contributed by atoms with van der Waals surface area (Å²) in [5.41, 5.74) is 10.2. The molecule has 2 heterocycles. The van der Waals surface area contributed by atoms with Crippen LogP contribution in [0.25, 0.3) is 0 Å². The maximum Gasteiger partial charge on any atom is 0.0638 e. The first kappa shape index (κ1) is 15.3. The predicted octanol–water partition coefficient (Wildman–Crippen LogP) is 2.70. The molecule has 118 valence electrons. The van der Waals surface area contributed by atoms with Crippen LogP contribution in [0, 0.1) is 6.92 Å². The second-order valence-corrected chi connectivity index (χ2v) is 6.69. The van der Waals surface area contributed by atoms with Crippen LogP contribution < -0.4 is 5.73 Å². The van der Waals surface area contributed by atoms with Gasteiger partial charge in [-0.3, -0.25) is 9.58 Å². The molecule has 1 aromatic carbocycles. The third kappa shape index (κ3) is 3.08. The number of likely N-dealkylation sites (tertiary alicyclic amines) is 1. The van der Waals surface area contributed by atoms with Gasteiger partial charge in [-0.05, 0) is 26.3 Å². The van der Waals surface area contributed by atoms with Crippen LogP contribution in [0.4, 0.5) is 0 Å². The molecule has 0 radical (unpaired) electrons. The van der Waals surface area contributed by atoms with Crippen molar-refractivity contribution in [3.63, 3.8) is 0 Å². The van der Waals surface area contributed by atoms with Gasteiger partial charge in [-0.1, -0.05) is 30.3 Å². The molecule has 0 bridgehead atoms. The fourth-order valence-electron chi connectivity index (χ4n) is 3.28. The summed E-state index contributed by atoms with van der Waals surface area (Å²) in [5.74, 6) is 0.432. The minimum absolute atomic E-state index is 0.211. The fourth-order valence-corrected chi connectivity index (χ4v) is 3.28. The van der Waals surface area contributed by atoms with E-state index in [0.717, 1.165) is 25.3 Å². The van der Waals surface area contributed by atoms with Crippen LogP contribution >= 0.6 is 0 Å². The van der Waals surface area contributed by atoms with Crippen LogP contribution in [0.3, 0.4) is 0 Å². The Bertz CT molecular complexity index is 617. The van der Waals surface area contributed by atoms with Gasteiger partial charge in [-0.2, -0.15) is 5.10 Å². The number of aryl methyl sites for hydroxylation is 1. The van der Waals surface area contributed by atoms with E-state index < -0.39 is 0 Å². The second kappa shape index (κ2) is 6.23. The molecule has 3 rings (SSSR count). The van der Waals surface area contributed by atoms with Crippen LogP contribution in [0.2, 0.25) is 0 Å². The summed E-state index contributed by atoms with van der Waals surface area (Å²) in [6.07, 6.45) is 2.18. The summed E-state index contributed by atoms with van der Waals surface area (Å²) in [7, 11) is 0. The molecule has 1 aliphatic heterocycles. The standard InChI is InChI=1S/C18H26N4/c1-13(2)22-10-16(14(3)20-22)9-21-11-17(18(19)12-21)15-7-5-4-6-8-15/h4-8,10,13,17-18H,9,11-12,19H2,1-3H3/t17-,18+/m0/s1. The number of benzene rings is 1. The molecule has 1 fully saturated rings. The molecule has 0 spiro atoms. The summed E-state index contributed by atoms with van der Waals surface area (Å²) >= 11 is 0. The third-order valence-electron chi connectivity index (χ3n) is 4.61. The number of nitrogens with zero attached hydrogens (tertiary/aromatic N) is 3. The van der Waals surface area contributed by atoms with E-state index in [0.29, 0.717) is 12.0 Å². The molecule has 4 nitrogen and oxygen atoms in total. The molecule has 1 saturated heterocycles. The summed E-state index contributed by atoms with van der Waals surface area (Å²) in [4.78, 5) is 2.46. The van der Waals surface area contributed by atoms with Gasteiger partial charge in [-0.25, -0.2) is 0 Å². The lowest BCUT2D eigenvalue weighted by atomic mass is 9.95. The predicted molar refractivity (Wildman–Crippen MR) is 89.8 cm³/mol. The molecule has 2 aromatic rings. The normalized spacial score (nSPS) is 22.6.